The van der Waals surface area contributed by atoms with Crippen LogP contribution in [0.3, 0.4) is 0 Å². The van der Waals surface area contributed by atoms with E-state index in [0.717, 1.165) is 16.6 Å². The molecule has 0 aliphatic carbocycles. The van der Waals surface area contributed by atoms with E-state index in [1.807, 2.05) is 30.1 Å². The first-order valence-corrected chi connectivity index (χ1v) is 9.49. The maximum atomic E-state index is 11.7. The molecule has 1 heterocycles. The maximum absolute atomic E-state index is 11.7. The number of fused-ring (bicyclic) bond motifs is 1. The van der Waals surface area contributed by atoms with Crippen LogP contribution in [0.1, 0.15) is 13.8 Å². The van der Waals surface area contributed by atoms with E-state index in [1.165, 1.54) is 0 Å². The van der Waals surface area contributed by atoms with Gasteiger partial charge in [-0.1, -0.05) is 11.6 Å². The monoisotopic (exact) mass is 415 g/mol. The molecule has 1 aromatic heterocycles. The number of esters is 1. The maximum Gasteiger partial charge on any atom is 0.347 e. The number of halogens is 1. The molecule has 3 rings (SSSR count). The minimum Gasteiger partial charge on any atom is -0.480 e. The zero-order valence-corrected chi connectivity index (χ0v) is 17.4. The summed E-state index contributed by atoms with van der Waals surface area (Å²) >= 11 is 6.07. The number of methoxy groups -OCH3 is 1. The molecule has 8 heteroatoms. The van der Waals surface area contributed by atoms with Crippen molar-refractivity contribution < 1.29 is 19.0 Å². The van der Waals surface area contributed by atoms with E-state index in [-0.39, 0.29) is 0 Å². The summed E-state index contributed by atoms with van der Waals surface area (Å²) in [6.07, 6.45) is -0.682. The summed E-state index contributed by atoms with van der Waals surface area (Å²) in [5.74, 6) is 1.09. The Hall–Kier alpha value is -3.06. The fraction of sp³-hybridized carbons (Fsp3) is 0.286. The molecule has 0 aliphatic heterocycles. The Balaban J connectivity index is 1.82. The first-order chi connectivity index (χ1) is 13.9. The second-order valence-corrected chi connectivity index (χ2v) is 6.70. The van der Waals surface area contributed by atoms with Crippen LogP contribution in [0.25, 0.3) is 10.9 Å². The highest BCUT2D eigenvalue weighted by molar-refractivity contribution is 6.31. The van der Waals surface area contributed by atoms with Gasteiger partial charge in [-0.25, -0.2) is 9.78 Å². The molecular weight excluding hydrogens is 394 g/mol. The van der Waals surface area contributed by atoms with Gasteiger partial charge in [0, 0.05) is 17.8 Å². The minimum absolute atomic E-state index is 0.317. The van der Waals surface area contributed by atoms with Crippen molar-refractivity contribution in [1.29, 1.82) is 0 Å². The highest BCUT2D eigenvalue weighted by atomic mass is 35.5. The Kier molecular flexibility index (Phi) is 6.39. The molecule has 152 valence electrons. The Labute approximate surface area is 174 Å². The van der Waals surface area contributed by atoms with Crippen LogP contribution >= 0.6 is 11.6 Å². The van der Waals surface area contributed by atoms with E-state index >= 15 is 0 Å². The van der Waals surface area contributed by atoms with E-state index in [9.17, 15) is 4.79 Å². The predicted molar refractivity (Wildman–Crippen MR) is 112 cm³/mol. The number of anilines is 2. The molecule has 29 heavy (non-hydrogen) atoms. The molecule has 1 atom stereocenters. The van der Waals surface area contributed by atoms with Crippen molar-refractivity contribution in [3.63, 3.8) is 0 Å². The van der Waals surface area contributed by atoms with E-state index in [4.69, 9.17) is 25.8 Å². The van der Waals surface area contributed by atoms with Crippen LogP contribution in [0, 0.1) is 0 Å². The average molecular weight is 416 g/mol. The number of hydrogen-bond acceptors (Lipinski definition) is 7. The molecular formula is C21H22ClN3O4. The summed E-state index contributed by atoms with van der Waals surface area (Å²) in [5, 5.41) is 1.34. The number of rotatable bonds is 7. The third-order valence-electron chi connectivity index (χ3n) is 4.26. The molecule has 0 spiro atoms. The van der Waals surface area contributed by atoms with Crippen molar-refractivity contribution in [2.45, 2.75) is 20.0 Å². The van der Waals surface area contributed by atoms with Crippen molar-refractivity contribution in [3.05, 3.63) is 47.5 Å². The fourth-order valence-corrected chi connectivity index (χ4v) is 2.91. The SMILES string of the molecule is CCOC(=O)C(C)Oc1ccc(N(C)c2nc(OC)c3cc(Cl)ccc3n2)cc1. The predicted octanol–water partition coefficient (Wildman–Crippen LogP) is 4.39. The topological polar surface area (TPSA) is 73.8 Å². The van der Waals surface area contributed by atoms with Crippen molar-refractivity contribution in [1.82, 2.24) is 9.97 Å². The molecule has 0 N–H and O–H groups in total. The lowest BCUT2D eigenvalue weighted by Gasteiger charge is -2.19. The van der Waals surface area contributed by atoms with Gasteiger partial charge < -0.3 is 19.1 Å². The van der Waals surface area contributed by atoms with Crippen LogP contribution in [-0.2, 0) is 9.53 Å². The number of ether oxygens (including phenoxy) is 3. The summed E-state index contributed by atoms with van der Waals surface area (Å²) in [6.45, 7) is 3.73. The number of benzene rings is 2. The molecule has 0 saturated carbocycles. The highest BCUT2D eigenvalue weighted by Gasteiger charge is 2.17. The Bertz CT molecular complexity index is 1010. The van der Waals surface area contributed by atoms with Crippen molar-refractivity contribution in [2.24, 2.45) is 0 Å². The normalized spacial score (nSPS) is 11.8. The van der Waals surface area contributed by atoms with Crippen LogP contribution in [0.2, 0.25) is 5.02 Å². The average Bonchev–Trinajstić information content (AvgIpc) is 2.73. The molecule has 0 fully saturated rings. The smallest absolute Gasteiger partial charge is 0.347 e. The lowest BCUT2D eigenvalue weighted by molar-refractivity contribution is -0.150. The second-order valence-electron chi connectivity index (χ2n) is 6.26. The molecule has 0 bridgehead atoms. The van der Waals surface area contributed by atoms with Crippen molar-refractivity contribution >= 4 is 40.1 Å². The standard InChI is InChI=1S/C21H22ClN3O4/c1-5-28-20(26)13(2)29-16-9-7-15(8-10-16)25(3)21-23-18-11-6-14(22)12-17(18)19(24-21)27-4/h6-13H,5H2,1-4H3. The van der Waals surface area contributed by atoms with Gasteiger partial charge in [-0.2, -0.15) is 4.98 Å². The third-order valence-corrected chi connectivity index (χ3v) is 4.49. The zero-order valence-electron chi connectivity index (χ0n) is 16.7. The van der Waals surface area contributed by atoms with Crippen LogP contribution in [0.5, 0.6) is 11.6 Å². The van der Waals surface area contributed by atoms with Gasteiger partial charge in [0.05, 0.1) is 24.6 Å². The second kappa shape index (κ2) is 8.96. The molecule has 1 unspecified atom stereocenters. The van der Waals surface area contributed by atoms with Gasteiger partial charge in [0.2, 0.25) is 11.8 Å². The van der Waals surface area contributed by atoms with E-state index < -0.39 is 12.1 Å². The molecule has 0 radical (unpaired) electrons. The number of carbonyl (C=O) groups is 1. The quantitative estimate of drug-likeness (QED) is 0.530. The first kappa shape index (κ1) is 20.7. The molecule has 2 aromatic carbocycles. The fourth-order valence-electron chi connectivity index (χ4n) is 2.74. The van der Waals surface area contributed by atoms with Gasteiger partial charge in [-0.15, -0.1) is 0 Å². The van der Waals surface area contributed by atoms with Gasteiger partial charge in [-0.3, -0.25) is 0 Å². The molecule has 3 aromatic rings. The molecule has 0 aliphatic rings. The number of aromatic nitrogens is 2. The summed E-state index contributed by atoms with van der Waals surface area (Å²) in [4.78, 5) is 22.6. The molecule has 7 nitrogen and oxygen atoms in total. The third kappa shape index (κ3) is 4.68. The largest absolute Gasteiger partial charge is 0.480 e. The van der Waals surface area contributed by atoms with E-state index in [1.54, 1.807) is 45.2 Å². The zero-order chi connectivity index (χ0) is 21.0. The highest BCUT2D eigenvalue weighted by Crippen LogP contribution is 2.30. The minimum atomic E-state index is -0.682. The Morgan fingerprint density at radius 3 is 2.55 bits per heavy atom. The summed E-state index contributed by atoms with van der Waals surface area (Å²) in [7, 11) is 3.41. The number of carbonyl (C=O) groups excluding carboxylic acids is 1. The van der Waals surface area contributed by atoms with Crippen molar-refractivity contribution in [3.8, 4) is 11.6 Å². The molecule has 0 saturated heterocycles. The summed E-state index contributed by atoms with van der Waals surface area (Å²) < 4.78 is 16.0. The van der Waals surface area contributed by atoms with Crippen LogP contribution in [-0.4, -0.2) is 42.8 Å². The summed E-state index contributed by atoms with van der Waals surface area (Å²) in [6, 6.07) is 12.6. The lowest BCUT2D eigenvalue weighted by atomic mass is 10.2. The molecule has 0 amide bonds. The number of nitrogens with zero attached hydrogens (tertiary/aromatic N) is 3. The first-order valence-electron chi connectivity index (χ1n) is 9.11. The van der Waals surface area contributed by atoms with E-state index in [0.29, 0.717) is 29.2 Å². The van der Waals surface area contributed by atoms with Crippen LogP contribution < -0.4 is 14.4 Å². The van der Waals surface area contributed by atoms with E-state index in [2.05, 4.69) is 9.97 Å². The van der Waals surface area contributed by atoms with Gasteiger partial charge in [-0.05, 0) is 56.3 Å². The van der Waals surface area contributed by atoms with Crippen LogP contribution in [0.15, 0.2) is 42.5 Å². The van der Waals surface area contributed by atoms with Gasteiger partial charge in [0.25, 0.3) is 0 Å². The Morgan fingerprint density at radius 1 is 1.17 bits per heavy atom. The van der Waals surface area contributed by atoms with Gasteiger partial charge in [0.1, 0.15) is 5.75 Å². The summed E-state index contributed by atoms with van der Waals surface area (Å²) in [5.41, 5.74) is 1.57. The van der Waals surface area contributed by atoms with Crippen molar-refractivity contribution in [2.75, 3.05) is 25.7 Å². The lowest BCUT2D eigenvalue weighted by Crippen LogP contribution is -2.26. The van der Waals surface area contributed by atoms with Gasteiger partial charge >= 0.3 is 5.97 Å². The Morgan fingerprint density at radius 2 is 1.90 bits per heavy atom. The number of hydrogen-bond donors (Lipinski definition) is 0. The van der Waals surface area contributed by atoms with Crippen LogP contribution in [0.4, 0.5) is 11.6 Å². The van der Waals surface area contributed by atoms with Gasteiger partial charge in [0.15, 0.2) is 6.10 Å².